The second-order valence-electron chi connectivity index (χ2n) is 2.33. The van der Waals surface area contributed by atoms with E-state index in [2.05, 4.69) is 4.98 Å². The van der Waals surface area contributed by atoms with Crippen LogP contribution in [0.5, 0.6) is 5.75 Å². The van der Waals surface area contributed by atoms with Crippen molar-refractivity contribution in [1.29, 1.82) is 0 Å². The zero-order valence-corrected chi connectivity index (χ0v) is 7.84. The average molecular weight is 201 g/mol. The van der Waals surface area contributed by atoms with E-state index in [0.717, 1.165) is 0 Å². The summed E-state index contributed by atoms with van der Waals surface area (Å²) in [4.78, 5) is 14.9. The van der Waals surface area contributed by atoms with Gasteiger partial charge in [0.25, 0.3) is 0 Å². The van der Waals surface area contributed by atoms with Gasteiger partial charge in [-0.15, -0.1) is 0 Å². The minimum absolute atomic E-state index is 0.0716. The molecule has 0 radical (unpaired) electrons. The maximum atomic E-state index is 11.1. The molecule has 1 aromatic heterocycles. The van der Waals surface area contributed by atoms with E-state index in [1.165, 1.54) is 19.4 Å². The molecule has 0 saturated heterocycles. The molecule has 4 nitrogen and oxygen atoms in total. The van der Waals surface area contributed by atoms with Crippen LogP contribution in [0.15, 0.2) is 12.3 Å². The molecule has 1 heterocycles. The molecule has 0 aromatic carbocycles. The molecule has 2 N–H and O–H groups in total. The summed E-state index contributed by atoms with van der Waals surface area (Å²) in [6, 6.07) is 1.47. The van der Waals surface area contributed by atoms with Gasteiger partial charge < -0.3 is 10.5 Å². The van der Waals surface area contributed by atoms with Crippen LogP contribution in [0.25, 0.3) is 0 Å². The van der Waals surface area contributed by atoms with E-state index in [0.29, 0.717) is 10.8 Å². The van der Waals surface area contributed by atoms with E-state index in [4.69, 9.17) is 22.1 Å². The Balaban J connectivity index is 3.06. The number of halogens is 1. The lowest BCUT2D eigenvalue weighted by atomic mass is 10.2. The third-order valence-corrected chi connectivity index (χ3v) is 1.80. The molecule has 0 bridgehead atoms. The van der Waals surface area contributed by atoms with Gasteiger partial charge in [-0.1, -0.05) is 11.6 Å². The van der Waals surface area contributed by atoms with E-state index < -0.39 is 0 Å². The van der Waals surface area contributed by atoms with E-state index >= 15 is 0 Å². The van der Waals surface area contributed by atoms with Gasteiger partial charge in [-0.2, -0.15) is 0 Å². The number of nitrogens with two attached hydrogens (primary N) is 1. The smallest absolute Gasteiger partial charge is 0.194 e. The Morgan fingerprint density at radius 2 is 2.46 bits per heavy atom. The Kier molecular flexibility index (Phi) is 3.22. The van der Waals surface area contributed by atoms with Crippen molar-refractivity contribution in [1.82, 2.24) is 4.98 Å². The predicted molar refractivity (Wildman–Crippen MR) is 49.2 cm³/mol. The van der Waals surface area contributed by atoms with Crippen molar-refractivity contribution in [3.05, 3.63) is 23.0 Å². The Bertz CT molecular complexity index is 328. The Labute approximate surface area is 80.7 Å². The number of rotatable bonds is 3. The third kappa shape index (κ3) is 2.17. The first-order valence-electron chi connectivity index (χ1n) is 3.62. The van der Waals surface area contributed by atoms with Crippen molar-refractivity contribution in [2.45, 2.75) is 0 Å². The van der Waals surface area contributed by atoms with Crippen molar-refractivity contribution in [2.75, 3.05) is 13.7 Å². The lowest BCUT2D eigenvalue weighted by Gasteiger charge is -2.03. The van der Waals surface area contributed by atoms with Crippen LogP contribution in [0.3, 0.4) is 0 Å². The molecule has 0 aliphatic rings. The number of nitrogens with zero attached hydrogens (tertiary/aromatic N) is 1. The van der Waals surface area contributed by atoms with Crippen LogP contribution in [-0.4, -0.2) is 24.4 Å². The fraction of sp³-hybridized carbons (Fsp3) is 0.250. The molecule has 13 heavy (non-hydrogen) atoms. The fourth-order valence-electron chi connectivity index (χ4n) is 0.834. The number of hydrogen-bond donors (Lipinski definition) is 1. The fourth-order valence-corrected chi connectivity index (χ4v) is 1.01. The van der Waals surface area contributed by atoms with Crippen LogP contribution in [0.2, 0.25) is 5.02 Å². The molecule has 0 saturated carbocycles. The highest BCUT2D eigenvalue weighted by Crippen LogP contribution is 2.23. The molecule has 0 aliphatic carbocycles. The van der Waals surface area contributed by atoms with Gasteiger partial charge in [0, 0.05) is 6.07 Å². The second kappa shape index (κ2) is 4.20. The van der Waals surface area contributed by atoms with Gasteiger partial charge in [0.1, 0.15) is 16.5 Å². The number of methoxy groups -OCH3 is 1. The molecule has 70 valence electrons. The maximum absolute atomic E-state index is 11.1. The number of ketones is 1. The summed E-state index contributed by atoms with van der Waals surface area (Å²) in [5, 5.41) is 0.371. The SMILES string of the molecule is COc1cc(C(=O)CN)ncc1Cl. The molecular formula is C8H9ClN2O2. The summed E-state index contributed by atoms with van der Waals surface area (Å²) >= 11 is 5.71. The minimum atomic E-state index is -0.241. The van der Waals surface area contributed by atoms with Crippen LogP contribution >= 0.6 is 11.6 Å². The summed E-state index contributed by atoms with van der Waals surface area (Å²) in [5.74, 6) is 0.184. The molecular weight excluding hydrogens is 192 g/mol. The van der Waals surface area contributed by atoms with Crippen molar-refractivity contribution in [2.24, 2.45) is 5.73 Å². The molecule has 0 fully saturated rings. The molecule has 0 atom stereocenters. The number of carbonyl (C=O) groups excluding carboxylic acids is 1. The Morgan fingerprint density at radius 3 is 3.00 bits per heavy atom. The topological polar surface area (TPSA) is 65.2 Å². The lowest BCUT2D eigenvalue weighted by Crippen LogP contribution is -2.14. The first-order valence-corrected chi connectivity index (χ1v) is 3.99. The molecule has 0 unspecified atom stereocenters. The van der Waals surface area contributed by atoms with Crippen molar-refractivity contribution in [3.63, 3.8) is 0 Å². The Morgan fingerprint density at radius 1 is 1.77 bits per heavy atom. The average Bonchev–Trinajstić information content (AvgIpc) is 2.17. The zero-order chi connectivity index (χ0) is 9.84. The van der Waals surface area contributed by atoms with Crippen molar-refractivity contribution in [3.8, 4) is 5.75 Å². The highest BCUT2D eigenvalue weighted by Gasteiger charge is 2.08. The van der Waals surface area contributed by atoms with Crippen LogP contribution in [-0.2, 0) is 0 Å². The standard InChI is InChI=1S/C8H9ClN2O2/c1-13-8-2-6(7(12)3-10)11-4-5(8)9/h2,4H,3,10H2,1H3. The highest BCUT2D eigenvalue weighted by molar-refractivity contribution is 6.32. The lowest BCUT2D eigenvalue weighted by molar-refractivity contribution is 0.0996. The van der Waals surface area contributed by atoms with Crippen LogP contribution < -0.4 is 10.5 Å². The number of Topliss-reactive ketones (excluding diaryl/α,β-unsaturated/α-hetero) is 1. The summed E-state index contributed by atoms with van der Waals surface area (Å²) in [7, 11) is 1.47. The van der Waals surface area contributed by atoms with Gasteiger partial charge in [-0.05, 0) is 0 Å². The van der Waals surface area contributed by atoms with Gasteiger partial charge >= 0.3 is 0 Å². The van der Waals surface area contributed by atoms with Gasteiger partial charge in [0.2, 0.25) is 0 Å². The van der Waals surface area contributed by atoms with Crippen LogP contribution in [0, 0.1) is 0 Å². The van der Waals surface area contributed by atoms with Crippen molar-refractivity contribution < 1.29 is 9.53 Å². The van der Waals surface area contributed by atoms with E-state index in [9.17, 15) is 4.79 Å². The predicted octanol–water partition coefficient (Wildman–Crippen LogP) is 0.885. The molecule has 1 rings (SSSR count). The number of aromatic nitrogens is 1. The maximum Gasteiger partial charge on any atom is 0.194 e. The number of pyridine rings is 1. The molecule has 5 heteroatoms. The first kappa shape index (κ1) is 9.95. The molecule has 0 amide bonds. The van der Waals surface area contributed by atoms with Gasteiger partial charge in [-0.3, -0.25) is 9.78 Å². The Hall–Kier alpha value is -1.13. The number of ether oxygens (including phenoxy) is 1. The van der Waals surface area contributed by atoms with Gasteiger partial charge in [0.05, 0.1) is 19.9 Å². The van der Waals surface area contributed by atoms with Crippen LogP contribution in [0.4, 0.5) is 0 Å². The largest absolute Gasteiger partial charge is 0.495 e. The van der Waals surface area contributed by atoms with E-state index in [1.54, 1.807) is 0 Å². The summed E-state index contributed by atoms with van der Waals surface area (Å²) in [6.45, 7) is -0.0716. The summed E-state index contributed by atoms with van der Waals surface area (Å²) in [5.41, 5.74) is 5.44. The van der Waals surface area contributed by atoms with Gasteiger partial charge in [-0.25, -0.2) is 0 Å². The quantitative estimate of drug-likeness (QED) is 0.736. The third-order valence-electron chi connectivity index (χ3n) is 1.51. The van der Waals surface area contributed by atoms with Crippen LogP contribution in [0.1, 0.15) is 10.5 Å². The molecule has 1 aromatic rings. The van der Waals surface area contributed by atoms with Gasteiger partial charge in [0.15, 0.2) is 5.78 Å². The summed E-state index contributed by atoms with van der Waals surface area (Å²) < 4.78 is 4.92. The highest BCUT2D eigenvalue weighted by atomic mass is 35.5. The summed E-state index contributed by atoms with van der Waals surface area (Å²) in [6.07, 6.45) is 1.36. The first-order chi connectivity index (χ1) is 6.19. The normalized spacial score (nSPS) is 9.77. The second-order valence-corrected chi connectivity index (χ2v) is 2.74. The van der Waals surface area contributed by atoms with E-state index in [1.807, 2.05) is 0 Å². The number of hydrogen-bond acceptors (Lipinski definition) is 4. The van der Waals surface area contributed by atoms with Crippen molar-refractivity contribution >= 4 is 17.4 Å². The van der Waals surface area contributed by atoms with E-state index in [-0.39, 0.29) is 18.0 Å². The molecule has 0 spiro atoms. The number of carbonyl (C=O) groups is 1. The monoisotopic (exact) mass is 200 g/mol. The minimum Gasteiger partial charge on any atom is -0.495 e. The zero-order valence-electron chi connectivity index (χ0n) is 7.08. The molecule has 0 aliphatic heterocycles.